The lowest BCUT2D eigenvalue weighted by Crippen LogP contribution is -2.50. The summed E-state index contributed by atoms with van der Waals surface area (Å²) >= 11 is 3.23. The van der Waals surface area contributed by atoms with E-state index >= 15 is 0 Å². The van der Waals surface area contributed by atoms with E-state index in [1.165, 1.54) is 20.0 Å². The molecule has 7 heteroatoms. The van der Waals surface area contributed by atoms with Gasteiger partial charge in [0.2, 0.25) is 0 Å². The molecule has 1 unspecified atom stereocenters. The van der Waals surface area contributed by atoms with Crippen LogP contribution < -0.4 is 10.1 Å². The average molecular weight is 315 g/mol. The molecule has 1 aromatic rings. The van der Waals surface area contributed by atoms with Gasteiger partial charge < -0.3 is 15.2 Å². The van der Waals surface area contributed by atoms with Crippen molar-refractivity contribution < 1.29 is 19.4 Å². The lowest BCUT2D eigenvalue weighted by atomic mass is 9.85. The summed E-state index contributed by atoms with van der Waals surface area (Å²) in [4.78, 5) is 27.0. The van der Waals surface area contributed by atoms with Crippen LogP contribution in [0.25, 0.3) is 0 Å². The highest BCUT2D eigenvalue weighted by molar-refractivity contribution is 9.10. The molecular weight excluding hydrogens is 304 g/mol. The molecule has 2 N–H and O–H groups in total. The molecule has 18 heavy (non-hydrogen) atoms. The summed E-state index contributed by atoms with van der Waals surface area (Å²) in [5, 5.41) is 11.7. The molecule has 1 atom stereocenters. The highest BCUT2D eigenvalue weighted by Gasteiger charge is 2.46. The summed E-state index contributed by atoms with van der Waals surface area (Å²) in [6.45, 7) is 2.88. The number of anilines is 1. The van der Waals surface area contributed by atoms with Crippen molar-refractivity contribution in [1.29, 1.82) is 0 Å². The zero-order valence-corrected chi connectivity index (χ0v) is 11.3. The van der Waals surface area contributed by atoms with Crippen LogP contribution in [0.5, 0.6) is 5.75 Å². The standard InChI is InChI=1S/C11H11BrN2O4/c1-11(2,10(16)17)7-9(15)14-8-6(18-7)3-5(12)4-13-8/h3-4,7H,1-2H3,(H,16,17)(H,13,14,15). The molecule has 0 saturated carbocycles. The second-order valence-electron chi connectivity index (χ2n) is 4.51. The fourth-order valence-corrected chi connectivity index (χ4v) is 1.86. The number of carbonyl (C=O) groups excluding carboxylic acids is 1. The number of pyridine rings is 1. The van der Waals surface area contributed by atoms with Crippen LogP contribution >= 0.6 is 15.9 Å². The van der Waals surface area contributed by atoms with Crippen LogP contribution in [-0.4, -0.2) is 28.1 Å². The molecule has 0 radical (unpaired) electrons. The third-order valence-corrected chi connectivity index (χ3v) is 3.18. The molecule has 2 heterocycles. The Morgan fingerprint density at radius 3 is 2.89 bits per heavy atom. The van der Waals surface area contributed by atoms with Gasteiger partial charge in [-0.05, 0) is 35.8 Å². The number of carboxylic acids is 1. The molecule has 0 saturated heterocycles. The molecule has 1 aliphatic rings. The van der Waals surface area contributed by atoms with Crippen molar-refractivity contribution in [2.75, 3.05) is 5.32 Å². The maximum absolute atomic E-state index is 11.8. The van der Waals surface area contributed by atoms with Crippen LogP contribution in [0.3, 0.4) is 0 Å². The molecule has 0 aromatic carbocycles. The zero-order chi connectivity index (χ0) is 13.5. The monoisotopic (exact) mass is 314 g/mol. The van der Waals surface area contributed by atoms with Gasteiger partial charge in [0.15, 0.2) is 17.7 Å². The van der Waals surface area contributed by atoms with Crippen molar-refractivity contribution in [3.63, 3.8) is 0 Å². The number of fused-ring (bicyclic) bond motifs is 1. The molecule has 0 spiro atoms. The minimum absolute atomic E-state index is 0.292. The molecule has 1 amide bonds. The number of aromatic nitrogens is 1. The second kappa shape index (κ2) is 4.24. The number of carboxylic acid groups (broad SMARTS) is 1. The fourth-order valence-electron chi connectivity index (χ4n) is 1.55. The van der Waals surface area contributed by atoms with Gasteiger partial charge in [0.05, 0.1) is 0 Å². The van der Waals surface area contributed by atoms with Crippen LogP contribution in [0.15, 0.2) is 16.7 Å². The van der Waals surface area contributed by atoms with Crippen LogP contribution in [0.1, 0.15) is 13.8 Å². The number of hydrogen-bond acceptors (Lipinski definition) is 4. The Morgan fingerprint density at radius 1 is 1.61 bits per heavy atom. The third-order valence-electron chi connectivity index (χ3n) is 2.75. The molecular formula is C11H11BrN2O4. The van der Waals surface area contributed by atoms with E-state index in [0.717, 1.165) is 0 Å². The lowest BCUT2D eigenvalue weighted by molar-refractivity contribution is -0.156. The molecule has 96 valence electrons. The van der Waals surface area contributed by atoms with Crippen LogP contribution in [-0.2, 0) is 9.59 Å². The number of carbonyl (C=O) groups is 2. The topological polar surface area (TPSA) is 88.5 Å². The van der Waals surface area contributed by atoms with Crippen LogP contribution in [0.4, 0.5) is 5.82 Å². The highest BCUT2D eigenvalue weighted by Crippen LogP contribution is 2.35. The normalized spacial score (nSPS) is 18.6. The number of rotatable bonds is 2. The van der Waals surface area contributed by atoms with E-state index < -0.39 is 23.4 Å². The fraction of sp³-hybridized carbons (Fsp3) is 0.364. The van der Waals surface area contributed by atoms with Crippen LogP contribution in [0, 0.1) is 5.41 Å². The summed E-state index contributed by atoms with van der Waals surface area (Å²) in [7, 11) is 0. The molecule has 6 nitrogen and oxygen atoms in total. The van der Waals surface area contributed by atoms with Gasteiger partial charge in [-0.1, -0.05) is 0 Å². The van der Waals surface area contributed by atoms with Crippen molar-refractivity contribution in [2.45, 2.75) is 20.0 Å². The van der Waals surface area contributed by atoms with Crippen molar-refractivity contribution >= 4 is 33.6 Å². The van der Waals surface area contributed by atoms with E-state index in [9.17, 15) is 9.59 Å². The Labute approximate surface area is 111 Å². The van der Waals surface area contributed by atoms with Gasteiger partial charge in [-0.25, -0.2) is 4.98 Å². The molecule has 2 rings (SSSR count). The smallest absolute Gasteiger partial charge is 0.313 e. The van der Waals surface area contributed by atoms with Gasteiger partial charge >= 0.3 is 5.97 Å². The Kier molecular flexibility index (Phi) is 3.02. The molecule has 0 aliphatic carbocycles. The molecule has 1 aromatic heterocycles. The van der Waals surface area contributed by atoms with Crippen molar-refractivity contribution in [2.24, 2.45) is 5.41 Å². The first-order chi connectivity index (χ1) is 8.32. The Balaban J connectivity index is 2.38. The number of nitrogens with one attached hydrogen (secondary N) is 1. The van der Waals surface area contributed by atoms with Gasteiger partial charge in [0.1, 0.15) is 5.41 Å². The summed E-state index contributed by atoms with van der Waals surface area (Å²) in [6, 6.07) is 1.63. The van der Waals surface area contributed by atoms with Crippen LogP contribution in [0.2, 0.25) is 0 Å². The van der Waals surface area contributed by atoms with Gasteiger partial charge in [-0.3, -0.25) is 9.59 Å². The Morgan fingerprint density at radius 2 is 2.28 bits per heavy atom. The summed E-state index contributed by atoms with van der Waals surface area (Å²) in [5.74, 6) is -0.970. The van der Waals surface area contributed by atoms with E-state index in [1.54, 1.807) is 6.07 Å². The number of aliphatic carboxylic acids is 1. The second-order valence-corrected chi connectivity index (χ2v) is 5.43. The van der Waals surface area contributed by atoms with Crippen molar-refractivity contribution in [3.8, 4) is 5.75 Å². The molecule has 0 bridgehead atoms. The number of ether oxygens (including phenoxy) is 1. The van der Waals surface area contributed by atoms with E-state index in [-0.39, 0.29) is 0 Å². The maximum Gasteiger partial charge on any atom is 0.313 e. The van der Waals surface area contributed by atoms with Gasteiger partial charge in [0.25, 0.3) is 5.91 Å². The van der Waals surface area contributed by atoms with Gasteiger partial charge in [-0.2, -0.15) is 0 Å². The lowest BCUT2D eigenvalue weighted by Gasteiger charge is -2.33. The first kappa shape index (κ1) is 12.8. The van der Waals surface area contributed by atoms with E-state index in [2.05, 4.69) is 26.2 Å². The quantitative estimate of drug-likeness (QED) is 0.866. The largest absolute Gasteiger partial charge is 0.481 e. The van der Waals surface area contributed by atoms with E-state index in [1.807, 2.05) is 0 Å². The third kappa shape index (κ3) is 2.05. The number of nitrogens with zero attached hydrogens (tertiary/aromatic N) is 1. The highest BCUT2D eigenvalue weighted by atomic mass is 79.9. The number of hydrogen-bond donors (Lipinski definition) is 2. The first-order valence-corrected chi connectivity index (χ1v) is 5.98. The predicted octanol–water partition coefficient (Wildman–Crippen LogP) is 1.65. The van der Waals surface area contributed by atoms with Crippen molar-refractivity contribution in [1.82, 2.24) is 4.98 Å². The first-order valence-electron chi connectivity index (χ1n) is 5.19. The van der Waals surface area contributed by atoms with Gasteiger partial charge in [-0.15, -0.1) is 0 Å². The van der Waals surface area contributed by atoms with Crippen molar-refractivity contribution in [3.05, 3.63) is 16.7 Å². The Bertz CT molecular complexity index is 530. The minimum Gasteiger partial charge on any atom is -0.481 e. The predicted molar refractivity (Wildman–Crippen MR) is 66.4 cm³/mol. The summed E-state index contributed by atoms with van der Waals surface area (Å²) in [6.07, 6.45) is 0.420. The van der Waals surface area contributed by atoms with E-state index in [0.29, 0.717) is 16.0 Å². The maximum atomic E-state index is 11.8. The molecule has 0 fully saturated rings. The van der Waals surface area contributed by atoms with Gasteiger partial charge in [0, 0.05) is 10.7 Å². The zero-order valence-electron chi connectivity index (χ0n) is 9.73. The molecule has 1 aliphatic heterocycles. The Hall–Kier alpha value is -1.63. The number of amides is 1. The average Bonchev–Trinajstić information content (AvgIpc) is 2.28. The number of halogens is 1. The summed E-state index contributed by atoms with van der Waals surface area (Å²) < 4.78 is 6.15. The SMILES string of the molecule is CC(C)(C(=O)O)C1Oc2cc(Br)cnc2NC1=O. The van der Waals surface area contributed by atoms with E-state index in [4.69, 9.17) is 9.84 Å². The minimum atomic E-state index is -1.33. The summed E-state index contributed by atoms with van der Waals surface area (Å²) in [5.41, 5.74) is -1.33.